The lowest BCUT2D eigenvalue weighted by Gasteiger charge is -2.00. The molecular formula is C14H18N4. The van der Waals surface area contributed by atoms with Crippen LogP contribution in [-0.2, 0) is 12.8 Å². The zero-order chi connectivity index (χ0) is 12.6. The lowest BCUT2D eigenvalue weighted by atomic mass is 10.1. The van der Waals surface area contributed by atoms with E-state index in [1.165, 1.54) is 18.4 Å². The average molecular weight is 242 g/mol. The van der Waals surface area contributed by atoms with Gasteiger partial charge in [-0.05, 0) is 12.0 Å². The van der Waals surface area contributed by atoms with Crippen molar-refractivity contribution in [2.45, 2.75) is 39.0 Å². The van der Waals surface area contributed by atoms with Gasteiger partial charge in [-0.15, -0.1) is 20.4 Å². The van der Waals surface area contributed by atoms with Gasteiger partial charge in [-0.3, -0.25) is 0 Å². The van der Waals surface area contributed by atoms with E-state index in [4.69, 9.17) is 0 Å². The molecule has 0 spiro atoms. The first kappa shape index (κ1) is 12.6. The highest BCUT2D eigenvalue weighted by molar-refractivity contribution is 5.17. The minimum absolute atomic E-state index is 0.681. The van der Waals surface area contributed by atoms with Crippen LogP contribution in [0.4, 0.5) is 0 Å². The van der Waals surface area contributed by atoms with Crippen molar-refractivity contribution in [3.8, 4) is 0 Å². The Kier molecular flexibility index (Phi) is 4.76. The fourth-order valence-corrected chi connectivity index (χ4v) is 1.75. The summed E-state index contributed by atoms with van der Waals surface area (Å²) in [4.78, 5) is 0. The standard InChI is InChI=1S/C14H18N4/c1-2-3-5-10-13-15-17-14(18-16-13)11-12-8-6-4-7-9-12/h4,6-9H,2-3,5,10-11H2,1H3. The summed E-state index contributed by atoms with van der Waals surface area (Å²) in [6, 6.07) is 10.1. The Morgan fingerprint density at radius 2 is 1.50 bits per heavy atom. The van der Waals surface area contributed by atoms with Crippen LogP contribution in [0, 0.1) is 0 Å². The fraction of sp³-hybridized carbons (Fsp3) is 0.429. The van der Waals surface area contributed by atoms with E-state index in [9.17, 15) is 0 Å². The molecule has 0 unspecified atom stereocenters. The molecule has 0 radical (unpaired) electrons. The number of benzene rings is 1. The topological polar surface area (TPSA) is 51.6 Å². The van der Waals surface area contributed by atoms with Crippen LogP contribution in [0.1, 0.15) is 43.4 Å². The first-order chi connectivity index (χ1) is 8.88. The normalized spacial score (nSPS) is 10.5. The van der Waals surface area contributed by atoms with Crippen LogP contribution in [0.5, 0.6) is 0 Å². The van der Waals surface area contributed by atoms with Crippen molar-refractivity contribution in [2.24, 2.45) is 0 Å². The average Bonchev–Trinajstić information content (AvgIpc) is 2.42. The van der Waals surface area contributed by atoms with Gasteiger partial charge in [0.2, 0.25) is 0 Å². The van der Waals surface area contributed by atoms with Gasteiger partial charge < -0.3 is 0 Å². The third kappa shape index (κ3) is 3.87. The molecule has 0 aliphatic carbocycles. The summed E-state index contributed by atoms with van der Waals surface area (Å²) >= 11 is 0. The summed E-state index contributed by atoms with van der Waals surface area (Å²) in [5.41, 5.74) is 1.18. The van der Waals surface area contributed by atoms with E-state index in [0.717, 1.165) is 18.7 Å². The van der Waals surface area contributed by atoms with Crippen LogP contribution in [0.3, 0.4) is 0 Å². The second-order valence-electron chi connectivity index (χ2n) is 4.35. The van der Waals surface area contributed by atoms with E-state index >= 15 is 0 Å². The lowest BCUT2D eigenvalue weighted by Crippen LogP contribution is -2.06. The number of aromatic nitrogens is 4. The van der Waals surface area contributed by atoms with Gasteiger partial charge in [-0.1, -0.05) is 50.1 Å². The zero-order valence-corrected chi connectivity index (χ0v) is 10.7. The largest absolute Gasteiger partial charge is 0.177 e. The van der Waals surface area contributed by atoms with E-state index in [-0.39, 0.29) is 0 Å². The predicted molar refractivity (Wildman–Crippen MR) is 70.1 cm³/mol. The van der Waals surface area contributed by atoms with Gasteiger partial charge in [0, 0.05) is 12.8 Å². The van der Waals surface area contributed by atoms with E-state index in [1.807, 2.05) is 18.2 Å². The third-order valence-corrected chi connectivity index (χ3v) is 2.77. The molecule has 94 valence electrons. The van der Waals surface area contributed by atoms with Gasteiger partial charge in [-0.2, -0.15) is 0 Å². The predicted octanol–water partition coefficient (Wildman–Crippen LogP) is 2.59. The van der Waals surface area contributed by atoms with E-state index < -0.39 is 0 Å². The highest BCUT2D eigenvalue weighted by Crippen LogP contribution is 2.04. The minimum Gasteiger partial charge on any atom is -0.131 e. The number of nitrogens with zero attached hydrogens (tertiary/aromatic N) is 4. The molecule has 4 heteroatoms. The first-order valence-electron chi connectivity index (χ1n) is 6.47. The number of hydrogen-bond donors (Lipinski definition) is 0. The van der Waals surface area contributed by atoms with Crippen LogP contribution < -0.4 is 0 Å². The molecule has 1 aromatic heterocycles. The second-order valence-corrected chi connectivity index (χ2v) is 4.35. The van der Waals surface area contributed by atoms with Crippen LogP contribution >= 0.6 is 0 Å². The minimum atomic E-state index is 0.681. The molecule has 0 bridgehead atoms. The van der Waals surface area contributed by atoms with Gasteiger partial charge in [-0.25, -0.2) is 0 Å². The monoisotopic (exact) mass is 242 g/mol. The molecule has 2 rings (SSSR count). The quantitative estimate of drug-likeness (QED) is 0.731. The Hall–Kier alpha value is -1.84. The maximum Gasteiger partial charge on any atom is 0.177 e. The summed E-state index contributed by atoms with van der Waals surface area (Å²) < 4.78 is 0. The zero-order valence-electron chi connectivity index (χ0n) is 10.7. The van der Waals surface area contributed by atoms with Crippen molar-refractivity contribution in [1.82, 2.24) is 20.4 Å². The van der Waals surface area contributed by atoms with E-state index in [2.05, 4.69) is 39.5 Å². The molecule has 1 aromatic carbocycles. The Morgan fingerprint density at radius 3 is 2.17 bits per heavy atom. The SMILES string of the molecule is CCCCCc1nnc(Cc2ccccc2)nn1. The molecule has 0 aliphatic rings. The first-order valence-corrected chi connectivity index (χ1v) is 6.47. The molecule has 0 fully saturated rings. The van der Waals surface area contributed by atoms with Gasteiger partial charge in [0.05, 0.1) is 0 Å². The summed E-state index contributed by atoms with van der Waals surface area (Å²) in [5, 5.41) is 16.5. The van der Waals surface area contributed by atoms with E-state index in [0.29, 0.717) is 12.2 Å². The molecule has 0 atom stereocenters. The molecule has 0 amide bonds. The van der Waals surface area contributed by atoms with Crippen molar-refractivity contribution < 1.29 is 0 Å². The Morgan fingerprint density at radius 1 is 0.833 bits per heavy atom. The van der Waals surface area contributed by atoms with Crippen molar-refractivity contribution in [3.05, 3.63) is 47.5 Å². The number of aryl methyl sites for hydroxylation is 1. The maximum absolute atomic E-state index is 4.13. The van der Waals surface area contributed by atoms with Gasteiger partial charge in [0.25, 0.3) is 0 Å². The molecule has 18 heavy (non-hydrogen) atoms. The lowest BCUT2D eigenvalue weighted by molar-refractivity contribution is 0.648. The van der Waals surface area contributed by atoms with Crippen molar-refractivity contribution in [2.75, 3.05) is 0 Å². The smallest absolute Gasteiger partial charge is 0.131 e. The number of unbranched alkanes of at least 4 members (excludes halogenated alkanes) is 2. The molecule has 0 saturated heterocycles. The number of hydrogen-bond acceptors (Lipinski definition) is 4. The molecule has 4 nitrogen and oxygen atoms in total. The van der Waals surface area contributed by atoms with Crippen molar-refractivity contribution in [1.29, 1.82) is 0 Å². The van der Waals surface area contributed by atoms with Crippen LogP contribution in [0.15, 0.2) is 30.3 Å². The third-order valence-electron chi connectivity index (χ3n) is 2.77. The molecule has 2 aromatic rings. The number of rotatable bonds is 6. The summed E-state index contributed by atoms with van der Waals surface area (Å²) in [7, 11) is 0. The molecule has 1 heterocycles. The summed E-state index contributed by atoms with van der Waals surface area (Å²) in [5.74, 6) is 1.43. The molecular weight excluding hydrogens is 224 g/mol. The van der Waals surface area contributed by atoms with E-state index in [1.54, 1.807) is 0 Å². The van der Waals surface area contributed by atoms with Crippen LogP contribution in [0.25, 0.3) is 0 Å². The van der Waals surface area contributed by atoms with Gasteiger partial charge >= 0.3 is 0 Å². The Bertz CT molecular complexity index is 453. The highest BCUT2D eigenvalue weighted by atomic mass is 15.3. The van der Waals surface area contributed by atoms with Crippen molar-refractivity contribution >= 4 is 0 Å². The van der Waals surface area contributed by atoms with Crippen molar-refractivity contribution in [3.63, 3.8) is 0 Å². The Labute approximate surface area is 107 Å². The van der Waals surface area contributed by atoms with Crippen LogP contribution in [-0.4, -0.2) is 20.4 Å². The Balaban J connectivity index is 1.91. The van der Waals surface area contributed by atoms with Crippen LogP contribution in [0.2, 0.25) is 0 Å². The summed E-state index contributed by atoms with van der Waals surface area (Å²) in [6.07, 6.45) is 5.08. The molecule has 0 N–H and O–H groups in total. The molecule has 0 aliphatic heterocycles. The van der Waals surface area contributed by atoms with Gasteiger partial charge in [0.15, 0.2) is 11.6 Å². The van der Waals surface area contributed by atoms with Gasteiger partial charge in [0.1, 0.15) is 0 Å². The fourth-order valence-electron chi connectivity index (χ4n) is 1.75. The maximum atomic E-state index is 4.13. The second kappa shape index (κ2) is 6.79. The summed E-state index contributed by atoms with van der Waals surface area (Å²) in [6.45, 7) is 2.18. The highest BCUT2D eigenvalue weighted by Gasteiger charge is 2.02. The molecule has 0 saturated carbocycles.